The van der Waals surface area contributed by atoms with E-state index in [4.69, 9.17) is 0 Å². The highest BCUT2D eigenvalue weighted by atomic mass is 32.2. The fraction of sp³-hybridized carbons (Fsp3) is 0.458. The van der Waals surface area contributed by atoms with Crippen LogP contribution in [0.15, 0.2) is 30.5 Å². The molecular weight excluding hydrogens is 493 g/mol. The van der Waals surface area contributed by atoms with E-state index in [2.05, 4.69) is 25.0 Å². The van der Waals surface area contributed by atoms with Crippen LogP contribution in [-0.2, 0) is 10.0 Å². The molecule has 2 N–H and O–H groups in total. The Labute approximate surface area is 207 Å². The Morgan fingerprint density at radius 1 is 1.14 bits per heavy atom. The van der Waals surface area contributed by atoms with Gasteiger partial charge in [0.25, 0.3) is 6.43 Å². The molecule has 2 atom stereocenters. The fourth-order valence-corrected chi connectivity index (χ4v) is 6.15. The summed E-state index contributed by atoms with van der Waals surface area (Å²) in [6.45, 7) is 4.52. The lowest BCUT2D eigenvalue weighted by Crippen LogP contribution is -2.39. The molecule has 1 saturated heterocycles. The summed E-state index contributed by atoms with van der Waals surface area (Å²) in [6.07, 6.45) is 0.794. The highest BCUT2D eigenvalue weighted by molar-refractivity contribution is 7.90. The fourth-order valence-electron chi connectivity index (χ4n) is 4.55. The first-order valence-corrected chi connectivity index (χ1v) is 13.4. The number of rotatable bonds is 8. The quantitative estimate of drug-likeness (QED) is 0.458. The summed E-state index contributed by atoms with van der Waals surface area (Å²) in [5.41, 5.74) is 0.0435. The molecule has 0 unspecified atom stereocenters. The normalized spacial score (nSPS) is 19.3. The molecule has 1 aliphatic heterocycles. The Kier molecular flexibility index (Phi) is 6.50. The SMILES string of the molecule is Cc1nc(N[C@H](C)c2cccc(C(F)F)c2F)c2cc(N3CC[C@@H](NS(=O)(=O)C4CC4)C3)ncc2n1. The molecule has 3 aromatic rings. The standard InChI is InChI=1S/C24H27F3N6O2S/c1-13(17-4-3-5-18(22(17)25)23(26)27)29-24-19-10-21(28-11-20(19)30-14(2)31-24)33-9-8-15(12-33)32-36(34,35)16-6-7-16/h3-5,10-11,13,15-16,23,32H,6-9,12H2,1-2H3,(H,29,30,31)/t13-,15-/m1/s1. The van der Waals surface area contributed by atoms with Crippen molar-refractivity contribution in [2.45, 2.75) is 56.9 Å². The number of halogens is 3. The van der Waals surface area contributed by atoms with Gasteiger partial charge in [-0.3, -0.25) is 0 Å². The molecule has 36 heavy (non-hydrogen) atoms. The average molecular weight is 521 g/mol. The maximum atomic E-state index is 14.7. The van der Waals surface area contributed by atoms with Gasteiger partial charge in [-0.2, -0.15) is 0 Å². The number of alkyl halides is 2. The van der Waals surface area contributed by atoms with Gasteiger partial charge in [-0.05, 0) is 39.2 Å². The minimum atomic E-state index is -3.28. The molecule has 2 aromatic heterocycles. The minimum absolute atomic E-state index is 0.108. The number of fused-ring (bicyclic) bond motifs is 1. The second kappa shape index (κ2) is 9.47. The number of nitrogens with one attached hydrogen (secondary N) is 2. The summed E-state index contributed by atoms with van der Waals surface area (Å²) in [7, 11) is -3.28. The molecule has 1 aromatic carbocycles. The number of hydrogen-bond donors (Lipinski definition) is 2. The van der Waals surface area contributed by atoms with E-state index in [0.717, 1.165) is 6.07 Å². The van der Waals surface area contributed by atoms with E-state index in [1.807, 2.05) is 11.0 Å². The van der Waals surface area contributed by atoms with Crippen LogP contribution < -0.4 is 14.9 Å². The number of pyridine rings is 1. The Balaban J connectivity index is 1.40. The number of benzene rings is 1. The third-order valence-corrected chi connectivity index (χ3v) is 8.61. The van der Waals surface area contributed by atoms with E-state index in [1.165, 1.54) is 12.1 Å². The van der Waals surface area contributed by atoms with Gasteiger partial charge in [0.2, 0.25) is 10.0 Å². The summed E-state index contributed by atoms with van der Waals surface area (Å²) in [5.74, 6) is 0.608. The van der Waals surface area contributed by atoms with Crippen LogP contribution in [0.25, 0.3) is 10.9 Å². The van der Waals surface area contributed by atoms with Gasteiger partial charge >= 0.3 is 0 Å². The molecular formula is C24H27F3N6O2S. The molecule has 3 heterocycles. The number of anilines is 2. The largest absolute Gasteiger partial charge is 0.363 e. The zero-order valence-corrected chi connectivity index (χ0v) is 20.7. The van der Waals surface area contributed by atoms with Crippen molar-refractivity contribution in [1.29, 1.82) is 0 Å². The summed E-state index contributed by atoms with van der Waals surface area (Å²) in [6, 6.07) is 4.93. The Morgan fingerprint density at radius 3 is 2.61 bits per heavy atom. The van der Waals surface area contributed by atoms with Crippen LogP contribution in [0.2, 0.25) is 0 Å². The summed E-state index contributed by atoms with van der Waals surface area (Å²) in [5, 5.41) is 3.52. The van der Waals surface area contributed by atoms with Crippen molar-refractivity contribution in [3.05, 3.63) is 53.2 Å². The van der Waals surface area contributed by atoms with Crippen molar-refractivity contribution in [1.82, 2.24) is 19.7 Å². The van der Waals surface area contributed by atoms with Gasteiger partial charge in [-0.15, -0.1) is 0 Å². The van der Waals surface area contributed by atoms with Crippen molar-refractivity contribution >= 4 is 32.6 Å². The van der Waals surface area contributed by atoms with Crippen LogP contribution >= 0.6 is 0 Å². The average Bonchev–Trinajstić information content (AvgIpc) is 3.59. The molecule has 8 nitrogen and oxygen atoms in total. The molecule has 0 spiro atoms. The lowest BCUT2D eigenvalue weighted by molar-refractivity contribution is 0.146. The van der Waals surface area contributed by atoms with E-state index in [-0.39, 0.29) is 16.9 Å². The zero-order chi connectivity index (χ0) is 25.6. The van der Waals surface area contributed by atoms with Crippen molar-refractivity contribution in [3.8, 4) is 0 Å². The van der Waals surface area contributed by atoms with Gasteiger partial charge < -0.3 is 10.2 Å². The zero-order valence-electron chi connectivity index (χ0n) is 19.9. The third-order valence-electron chi connectivity index (χ3n) is 6.60. The highest BCUT2D eigenvalue weighted by Crippen LogP contribution is 2.32. The number of hydrogen-bond acceptors (Lipinski definition) is 7. The molecule has 192 valence electrons. The van der Waals surface area contributed by atoms with Crippen LogP contribution in [0.3, 0.4) is 0 Å². The van der Waals surface area contributed by atoms with Crippen LogP contribution in [-0.4, -0.2) is 47.8 Å². The first-order valence-electron chi connectivity index (χ1n) is 11.9. The van der Waals surface area contributed by atoms with E-state index in [9.17, 15) is 21.6 Å². The van der Waals surface area contributed by atoms with E-state index in [0.29, 0.717) is 60.7 Å². The van der Waals surface area contributed by atoms with E-state index >= 15 is 0 Å². The smallest absolute Gasteiger partial charge is 0.266 e. The van der Waals surface area contributed by atoms with E-state index in [1.54, 1.807) is 20.0 Å². The van der Waals surface area contributed by atoms with Crippen molar-refractivity contribution < 1.29 is 21.6 Å². The van der Waals surface area contributed by atoms with Crippen LogP contribution in [0.1, 0.15) is 55.6 Å². The lowest BCUT2D eigenvalue weighted by Gasteiger charge is -2.21. The Morgan fingerprint density at radius 2 is 1.89 bits per heavy atom. The number of nitrogens with zero attached hydrogens (tertiary/aromatic N) is 4. The maximum Gasteiger partial charge on any atom is 0.266 e. The topological polar surface area (TPSA) is 100 Å². The molecule has 0 bridgehead atoms. The summed E-state index contributed by atoms with van der Waals surface area (Å²) >= 11 is 0. The first kappa shape index (κ1) is 24.7. The second-order valence-electron chi connectivity index (χ2n) is 9.39. The van der Waals surface area contributed by atoms with Crippen molar-refractivity contribution in [2.24, 2.45) is 0 Å². The molecule has 5 rings (SSSR count). The molecule has 12 heteroatoms. The van der Waals surface area contributed by atoms with Gasteiger partial charge in [0.05, 0.1) is 28.6 Å². The molecule has 0 radical (unpaired) electrons. The Bertz CT molecular complexity index is 1400. The number of sulfonamides is 1. The van der Waals surface area contributed by atoms with Crippen molar-refractivity contribution in [3.63, 3.8) is 0 Å². The highest BCUT2D eigenvalue weighted by Gasteiger charge is 2.38. The summed E-state index contributed by atoms with van der Waals surface area (Å²) < 4.78 is 68.5. The van der Waals surface area contributed by atoms with Gasteiger partial charge in [-0.25, -0.2) is 41.3 Å². The monoisotopic (exact) mass is 520 g/mol. The lowest BCUT2D eigenvalue weighted by atomic mass is 10.0. The number of aryl methyl sites for hydroxylation is 1. The Hall–Kier alpha value is -2.99. The second-order valence-corrected chi connectivity index (χ2v) is 11.4. The number of aromatic nitrogens is 3. The molecule has 2 fully saturated rings. The molecule has 1 aliphatic carbocycles. The van der Waals surface area contributed by atoms with Crippen LogP contribution in [0.4, 0.5) is 24.8 Å². The summed E-state index contributed by atoms with van der Waals surface area (Å²) in [4.78, 5) is 15.4. The third kappa shape index (κ3) is 4.96. The minimum Gasteiger partial charge on any atom is -0.363 e. The van der Waals surface area contributed by atoms with Crippen molar-refractivity contribution in [2.75, 3.05) is 23.3 Å². The molecule has 0 amide bonds. The van der Waals surface area contributed by atoms with Crippen LogP contribution in [0, 0.1) is 12.7 Å². The van der Waals surface area contributed by atoms with E-state index < -0.39 is 33.9 Å². The van der Waals surface area contributed by atoms with Gasteiger partial charge in [0, 0.05) is 30.1 Å². The van der Waals surface area contributed by atoms with Gasteiger partial charge in [-0.1, -0.05) is 18.2 Å². The predicted molar refractivity (Wildman–Crippen MR) is 131 cm³/mol. The van der Waals surface area contributed by atoms with Gasteiger partial charge in [0.1, 0.15) is 23.3 Å². The molecule has 2 aliphatic rings. The molecule has 1 saturated carbocycles. The maximum absolute atomic E-state index is 14.7. The predicted octanol–water partition coefficient (Wildman–Crippen LogP) is 4.24. The first-order chi connectivity index (χ1) is 17.1. The van der Waals surface area contributed by atoms with Gasteiger partial charge in [0.15, 0.2) is 0 Å². The van der Waals surface area contributed by atoms with Crippen LogP contribution in [0.5, 0.6) is 0 Å².